The van der Waals surface area contributed by atoms with Crippen LogP contribution in [-0.2, 0) is 28.7 Å². The number of thioether (sulfide) groups is 1. The molecule has 0 aromatic heterocycles. The predicted octanol–water partition coefficient (Wildman–Crippen LogP) is 0.394. The highest BCUT2D eigenvalue weighted by Gasteiger charge is 2.53. The third-order valence-electron chi connectivity index (χ3n) is 7.77. The fraction of sp³-hybridized carbons (Fsp3) is 0.667. The summed E-state index contributed by atoms with van der Waals surface area (Å²) in [7, 11) is 0. The number of carboxylic acid groups (broad SMARTS) is 2. The van der Waals surface area contributed by atoms with Crippen molar-refractivity contribution >= 4 is 41.5 Å². The Bertz CT molecular complexity index is 1110. The average molecular weight is 598 g/mol. The third-order valence-corrected chi connectivity index (χ3v) is 9.41. The maximum absolute atomic E-state index is 13.1. The van der Waals surface area contributed by atoms with E-state index in [2.05, 4.69) is 11.4 Å². The van der Waals surface area contributed by atoms with Crippen molar-refractivity contribution in [1.29, 1.82) is 0 Å². The summed E-state index contributed by atoms with van der Waals surface area (Å²) in [4.78, 5) is 60.8. The van der Waals surface area contributed by atoms with Gasteiger partial charge in [0.1, 0.15) is 23.8 Å². The van der Waals surface area contributed by atoms with E-state index >= 15 is 0 Å². The van der Waals surface area contributed by atoms with E-state index in [1.54, 1.807) is 0 Å². The molecule has 0 saturated carbocycles. The summed E-state index contributed by atoms with van der Waals surface area (Å²) in [5, 5.41) is 41.5. The molecule has 0 bridgehead atoms. The van der Waals surface area contributed by atoms with Gasteiger partial charge < -0.3 is 41.5 Å². The van der Waals surface area contributed by atoms with E-state index in [9.17, 15) is 34.2 Å². The standard InChI is InChI=1S/C27H39N3O10S/c1-2-10-27(11-9-15-6-5-14(4-3-12-31)20-19(15)21(27)40-26(20)39)41-13-17(22(33)30-23(34)25(37)38)29-18(32)8-7-16(28)24(35)36/h5,15-17,20,23,31,34H,2-4,6-13,28H2,1H3,(H,29,32)(H,30,33)(H,35,36)(H,37,38)/t15-,16+,17+,20-,23+,27+/m1/s1. The molecular weight excluding hydrogens is 558 g/mol. The van der Waals surface area contributed by atoms with Gasteiger partial charge in [-0.15, -0.1) is 11.8 Å². The van der Waals surface area contributed by atoms with E-state index in [1.165, 1.54) is 11.8 Å². The summed E-state index contributed by atoms with van der Waals surface area (Å²) in [6.45, 7) is 2.00. The van der Waals surface area contributed by atoms with Gasteiger partial charge in [0.05, 0.1) is 4.75 Å². The van der Waals surface area contributed by atoms with Gasteiger partial charge in [0.2, 0.25) is 18.0 Å². The number of aliphatic hydroxyl groups is 2. The topological polar surface area (TPSA) is 226 Å². The molecule has 0 aromatic carbocycles. The molecule has 6 atom stereocenters. The van der Waals surface area contributed by atoms with Crippen molar-refractivity contribution in [1.82, 2.24) is 10.6 Å². The highest BCUT2D eigenvalue weighted by molar-refractivity contribution is 8.00. The number of carboxylic acids is 2. The fourth-order valence-electron chi connectivity index (χ4n) is 5.72. The molecule has 0 unspecified atom stereocenters. The second-order valence-corrected chi connectivity index (χ2v) is 12.0. The Kier molecular flexibility index (Phi) is 11.4. The van der Waals surface area contributed by atoms with E-state index in [0.717, 1.165) is 30.4 Å². The largest absolute Gasteiger partial charge is 0.480 e. The molecule has 14 heteroatoms. The number of carbonyl (C=O) groups excluding carboxylic acids is 3. The molecule has 0 spiro atoms. The second-order valence-electron chi connectivity index (χ2n) is 10.6. The Hall–Kier alpha value is -2.94. The summed E-state index contributed by atoms with van der Waals surface area (Å²) < 4.78 is 5.28. The van der Waals surface area contributed by atoms with Gasteiger partial charge in [-0.3, -0.25) is 19.2 Å². The first-order chi connectivity index (χ1) is 19.4. The van der Waals surface area contributed by atoms with Crippen LogP contribution in [-0.4, -0.2) is 85.6 Å². The first kappa shape index (κ1) is 32.6. The lowest BCUT2D eigenvalue weighted by Crippen LogP contribution is -2.53. The number of amides is 2. The summed E-state index contributed by atoms with van der Waals surface area (Å²) in [6, 6.07) is -2.55. The van der Waals surface area contributed by atoms with Gasteiger partial charge >= 0.3 is 17.9 Å². The van der Waals surface area contributed by atoms with E-state index < -0.39 is 52.7 Å². The molecule has 13 nitrogen and oxygen atoms in total. The molecule has 2 aliphatic carbocycles. The van der Waals surface area contributed by atoms with Crippen molar-refractivity contribution in [2.75, 3.05) is 12.4 Å². The fourth-order valence-corrected chi connectivity index (χ4v) is 7.34. The van der Waals surface area contributed by atoms with Crippen LogP contribution in [0.1, 0.15) is 64.7 Å². The van der Waals surface area contributed by atoms with Crippen LogP contribution in [0.2, 0.25) is 0 Å². The minimum absolute atomic E-state index is 0.0120. The molecule has 3 rings (SSSR count). The van der Waals surface area contributed by atoms with Crippen LogP contribution < -0.4 is 16.4 Å². The Morgan fingerprint density at radius 1 is 1.22 bits per heavy atom. The molecule has 3 aliphatic rings. The first-order valence-corrected chi connectivity index (χ1v) is 14.8. The van der Waals surface area contributed by atoms with Crippen molar-refractivity contribution in [3.63, 3.8) is 0 Å². The number of rotatable bonds is 16. The van der Waals surface area contributed by atoms with E-state index in [4.69, 9.17) is 20.7 Å². The number of nitrogens with two attached hydrogens (primary N) is 1. The van der Waals surface area contributed by atoms with Crippen molar-refractivity contribution < 1.29 is 49.1 Å². The lowest BCUT2D eigenvalue weighted by molar-refractivity contribution is -0.151. The summed E-state index contributed by atoms with van der Waals surface area (Å²) >= 11 is 1.33. The Balaban J connectivity index is 1.85. The van der Waals surface area contributed by atoms with Crippen LogP contribution in [0.5, 0.6) is 0 Å². The van der Waals surface area contributed by atoms with Gasteiger partial charge in [-0.25, -0.2) is 4.79 Å². The highest BCUT2D eigenvalue weighted by atomic mass is 32.2. The van der Waals surface area contributed by atoms with Gasteiger partial charge in [0.15, 0.2) is 0 Å². The van der Waals surface area contributed by atoms with E-state index in [-0.39, 0.29) is 37.1 Å². The van der Waals surface area contributed by atoms with Gasteiger partial charge in [0, 0.05) is 18.8 Å². The molecule has 228 valence electrons. The van der Waals surface area contributed by atoms with Crippen molar-refractivity contribution in [2.24, 2.45) is 17.6 Å². The average Bonchev–Trinajstić information content (AvgIpc) is 3.29. The predicted molar refractivity (Wildman–Crippen MR) is 147 cm³/mol. The molecule has 2 amide bonds. The minimum Gasteiger partial charge on any atom is -0.480 e. The number of allylic oxidation sites excluding steroid dienone is 1. The number of hydrogen-bond donors (Lipinski definition) is 7. The molecular formula is C27H39N3O10S. The second kappa shape index (κ2) is 14.3. The van der Waals surface area contributed by atoms with Crippen molar-refractivity contribution in [2.45, 2.75) is 87.8 Å². The Labute approximate surface area is 241 Å². The first-order valence-electron chi connectivity index (χ1n) is 13.8. The number of ether oxygens (including phenoxy) is 1. The normalized spacial score (nSPS) is 25.4. The van der Waals surface area contributed by atoms with Crippen LogP contribution >= 0.6 is 11.8 Å². The van der Waals surface area contributed by atoms with Crippen LogP contribution in [0, 0.1) is 11.8 Å². The summed E-state index contributed by atoms with van der Waals surface area (Å²) in [6.07, 6.45) is 4.10. The zero-order valence-electron chi connectivity index (χ0n) is 23.0. The quantitative estimate of drug-likeness (QED) is 0.0729. The summed E-state index contributed by atoms with van der Waals surface area (Å²) in [5.74, 6) is -4.70. The molecule has 1 aliphatic heterocycles. The lowest BCUT2D eigenvalue weighted by Gasteiger charge is -2.41. The van der Waals surface area contributed by atoms with Crippen molar-refractivity contribution in [3.05, 3.63) is 23.0 Å². The molecule has 0 fully saturated rings. The van der Waals surface area contributed by atoms with Crippen LogP contribution in [0.15, 0.2) is 23.0 Å². The summed E-state index contributed by atoms with van der Waals surface area (Å²) in [5.41, 5.74) is 7.36. The van der Waals surface area contributed by atoms with Crippen molar-refractivity contribution in [3.8, 4) is 0 Å². The molecule has 41 heavy (non-hydrogen) atoms. The van der Waals surface area contributed by atoms with Gasteiger partial charge in [-0.05, 0) is 56.4 Å². The number of carbonyl (C=O) groups is 5. The van der Waals surface area contributed by atoms with E-state index in [1.807, 2.05) is 12.2 Å². The number of aliphatic hydroxyl groups excluding tert-OH is 2. The van der Waals surface area contributed by atoms with Crippen LogP contribution in [0.3, 0.4) is 0 Å². The van der Waals surface area contributed by atoms with Gasteiger partial charge in [-0.2, -0.15) is 0 Å². The molecule has 0 radical (unpaired) electrons. The zero-order valence-corrected chi connectivity index (χ0v) is 23.8. The Morgan fingerprint density at radius 3 is 2.59 bits per heavy atom. The highest BCUT2D eigenvalue weighted by Crippen LogP contribution is 2.57. The SMILES string of the molecule is CCC[C@]1(SC[C@H](NC(=O)CC[C@H](N)C(=O)O)C(=O)N[C@@H](O)C(=O)O)CC[C@H]2CC=C(CCCO)[C@H]3C(=O)OC1=C23. The lowest BCUT2D eigenvalue weighted by atomic mass is 9.68. The maximum Gasteiger partial charge on any atom is 0.353 e. The van der Waals surface area contributed by atoms with Gasteiger partial charge in [-0.1, -0.05) is 25.0 Å². The minimum atomic E-state index is -2.19. The molecule has 0 aromatic rings. The molecule has 8 N–H and O–H groups in total. The third kappa shape index (κ3) is 7.67. The maximum atomic E-state index is 13.1. The number of esters is 1. The van der Waals surface area contributed by atoms with Crippen LogP contribution in [0.4, 0.5) is 0 Å². The van der Waals surface area contributed by atoms with E-state index in [0.29, 0.717) is 31.4 Å². The Morgan fingerprint density at radius 2 is 1.95 bits per heavy atom. The smallest absolute Gasteiger partial charge is 0.353 e. The molecule has 1 heterocycles. The number of aliphatic carboxylic acids is 2. The van der Waals surface area contributed by atoms with Crippen LogP contribution in [0.25, 0.3) is 0 Å². The number of hydrogen-bond acceptors (Lipinski definition) is 10. The zero-order chi connectivity index (χ0) is 30.3. The molecule has 0 saturated heterocycles. The van der Waals surface area contributed by atoms with Gasteiger partial charge in [0.25, 0.3) is 0 Å². The number of nitrogens with one attached hydrogen (secondary N) is 2. The monoisotopic (exact) mass is 597 g/mol.